The number of anilines is 2. The number of alkyl halides is 3. The fraction of sp³-hybridized carbons (Fsp3) is 0.375. The van der Waals surface area contributed by atoms with Crippen LogP contribution in [0.2, 0.25) is 0 Å². The summed E-state index contributed by atoms with van der Waals surface area (Å²) in [6.45, 7) is 8.02. The van der Waals surface area contributed by atoms with Gasteiger partial charge in [0.05, 0.1) is 17.5 Å². The van der Waals surface area contributed by atoms with Crippen molar-refractivity contribution in [2.45, 2.75) is 25.6 Å². The third-order valence-corrected chi connectivity index (χ3v) is 6.20. The molecule has 0 radical (unpaired) electrons. The van der Waals surface area contributed by atoms with E-state index in [0.29, 0.717) is 25.2 Å². The Morgan fingerprint density at radius 2 is 1.94 bits per heavy atom. The molecule has 0 bridgehead atoms. The second-order valence-electron chi connectivity index (χ2n) is 8.23. The molecule has 1 amide bonds. The van der Waals surface area contributed by atoms with Crippen LogP contribution in [0.4, 0.5) is 24.5 Å². The van der Waals surface area contributed by atoms with Gasteiger partial charge < -0.3 is 15.1 Å². The molecule has 0 aromatic heterocycles. The molecule has 2 atom stereocenters. The molecule has 1 N–H and O–H groups in total. The van der Waals surface area contributed by atoms with Gasteiger partial charge in [0.1, 0.15) is 0 Å². The standard InChI is InChI=1S/C24H26F3N3O/c1-3-10-28-23(31)20-14-17-13-18(24(25,26)27)6-9-21(17)30-12-11-29(15-22(20)30)19-7-4-16(2)5-8-19/h3-9,13,20,22H,1,10-12,14-15H2,2H3,(H,28,31). The van der Waals surface area contributed by atoms with Crippen molar-refractivity contribution in [2.24, 2.45) is 5.92 Å². The van der Waals surface area contributed by atoms with Crippen molar-refractivity contribution in [1.82, 2.24) is 5.32 Å². The average Bonchev–Trinajstić information content (AvgIpc) is 2.76. The number of benzene rings is 2. The van der Waals surface area contributed by atoms with Crippen LogP contribution >= 0.6 is 0 Å². The number of amides is 1. The Bertz CT molecular complexity index is 971. The summed E-state index contributed by atoms with van der Waals surface area (Å²) in [7, 11) is 0. The first-order chi connectivity index (χ1) is 14.8. The lowest BCUT2D eigenvalue weighted by atomic mass is 9.82. The molecule has 164 valence electrons. The molecule has 4 rings (SSSR count). The predicted molar refractivity (Wildman–Crippen MR) is 116 cm³/mol. The number of carbonyl (C=O) groups is 1. The Morgan fingerprint density at radius 3 is 2.61 bits per heavy atom. The Balaban J connectivity index is 1.67. The first kappa shape index (κ1) is 21.3. The molecule has 2 unspecified atom stereocenters. The largest absolute Gasteiger partial charge is 0.416 e. The molecule has 0 spiro atoms. The molecule has 2 aliphatic rings. The Labute approximate surface area is 180 Å². The van der Waals surface area contributed by atoms with E-state index in [9.17, 15) is 18.0 Å². The van der Waals surface area contributed by atoms with E-state index in [4.69, 9.17) is 0 Å². The van der Waals surface area contributed by atoms with E-state index in [1.807, 2.05) is 6.92 Å². The van der Waals surface area contributed by atoms with Crippen molar-refractivity contribution in [3.8, 4) is 0 Å². The molecular formula is C24H26F3N3O. The lowest BCUT2D eigenvalue weighted by Gasteiger charge is -2.49. The van der Waals surface area contributed by atoms with Gasteiger partial charge in [0.15, 0.2) is 0 Å². The number of nitrogens with zero attached hydrogens (tertiary/aromatic N) is 2. The first-order valence-electron chi connectivity index (χ1n) is 10.4. The zero-order valence-electron chi connectivity index (χ0n) is 17.5. The number of carbonyl (C=O) groups excluding carboxylic acids is 1. The summed E-state index contributed by atoms with van der Waals surface area (Å²) in [5.41, 5.74) is 2.97. The first-order valence-corrected chi connectivity index (χ1v) is 10.4. The minimum absolute atomic E-state index is 0.121. The van der Waals surface area contributed by atoms with Crippen molar-refractivity contribution < 1.29 is 18.0 Å². The number of hydrogen-bond acceptors (Lipinski definition) is 3. The quantitative estimate of drug-likeness (QED) is 0.741. The van der Waals surface area contributed by atoms with Crippen LogP contribution in [0.25, 0.3) is 0 Å². The SMILES string of the molecule is C=CCNC(=O)C1Cc2cc(C(F)(F)F)ccc2N2CCN(c3ccc(C)cc3)CC12. The minimum Gasteiger partial charge on any atom is -0.368 e. The maximum absolute atomic E-state index is 13.3. The molecule has 31 heavy (non-hydrogen) atoms. The van der Waals surface area contributed by atoms with Crippen LogP contribution in [0, 0.1) is 12.8 Å². The van der Waals surface area contributed by atoms with Crippen molar-refractivity contribution >= 4 is 17.3 Å². The minimum atomic E-state index is -4.41. The van der Waals surface area contributed by atoms with Crippen LogP contribution < -0.4 is 15.1 Å². The molecule has 2 aromatic rings. The van der Waals surface area contributed by atoms with E-state index < -0.39 is 17.7 Å². The van der Waals surface area contributed by atoms with E-state index in [0.717, 1.165) is 24.0 Å². The van der Waals surface area contributed by atoms with Gasteiger partial charge in [-0.2, -0.15) is 13.2 Å². The molecule has 7 heteroatoms. The lowest BCUT2D eigenvalue weighted by molar-refractivity contribution is -0.137. The van der Waals surface area contributed by atoms with Gasteiger partial charge in [0.2, 0.25) is 5.91 Å². The highest BCUT2D eigenvalue weighted by Crippen LogP contribution is 2.40. The molecule has 1 saturated heterocycles. The van der Waals surface area contributed by atoms with Gasteiger partial charge in [-0.3, -0.25) is 4.79 Å². The summed E-state index contributed by atoms with van der Waals surface area (Å²) in [5.74, 6) is -0.590. The summed E-state index contributed by atoms with van der Waals surface area (Å²) in [4.78, 5) is 17.3. The van der Waals surface area contributed by atoms with Crippen LogP contribution in [-0.4, -0.2) is 38.1 Å². The fourth-order valence-electron chi connectivity index (χ4n) is 4.59. The second-order valence-corrected chi connectivity index (χ2v) is 8.23. The van der Waals surface area contributed by atoms with Gasteiger partial charge in [-0.1, -0.05) is 23.8 Å². The Hall–Kier alpha value is -2.96. The summed E-state index contributed by atoms with van der Waals surface area (Å²) in [6.07, 6.45) is -2.52. The van der Waals surface area contributed by atoms with Gasteiger partial charge in [0, 0.05) is 37.6 Å². The van der Waals surface area contributed by atoms with E-state index in [-0.39, 0.29) is 18.4 Å². The van der Waals surface area contributed by atoms with E-state index in [2.05, 4.69) is 46.0 Å². The third-order valence-electron chi connectivity index (χ3n) is 6.20. The summed E-state index contributed by atoms with van der Waals surface area (Å²) in [6, 6.07) is 12.0. The molecule has 2 aliphatic heterocycles. The summed E-state index contributed by atoms with van der Waals surface area (Å²) < 4.78 is 39.8. The average molecular weight is 429 g/mol. The molecule has 2 aromatic carbocycles. The van der Waals surface area contributed by atoms with E-state index in [1.165, 1.54) is 11.6 Å². The maximum Gasteiger partial charge on any atom is 0.416 e. The normalized spacial score (nSPS) is 20.6. The van der Waals surface area contributed by atoms with E-state index in [1.54, 1.807) is 12.1 Å². The number of nitrogens with one attached hydrogen (secondary N) is 1. The van der Waals surface area contributed by atoms with Crippen molar-refractivity contribution in [3.63, 3.8) is 0 Å². The number of fused-ring (bicyclic) bond motifs is 3. The van der Waals surface area contributed by atoms with E-state index >= 15 is 0 Å². The maximum atomic E-state index is 13.3. The smallest absolute Gasteiger partial charge is 0.368 e. The summed E-state index contributed by atoms with van der Waals surface area (Å²) in [5, 5.41) is 2.85. The lowest BCUT2D eigenvalue weighted by Crippen LogP contribution is -2.61. The Kier molecular flexibility index (Phi) is 5.69. The van der Waals surface area contributed by atoms with Gasteiger partial charge in [-0.25, -0.2) is 0 Å². The predicted octanol–water partition coefficient (Wildman–Crippen LogP) is 4.18. The molecular weight excluding hydrogens is 403 g/mol. The highest BCUT2D eigenvalue weighted by molar-refractivity contribution is 5.82. The number of halogens is 3. The van der Waals surface area contributed by atoms with Crippen molar-refractivity contribution in [1.29, 1.82) is 0 Å². The topological polar surface area (TPSA) is 35.6 Å². The van der Waals surface area contributed by atoms with Gasteiger partial charge in [-0.05, 0) is 49.2 Å². The number of piperazine rings is 1. The van der Waals surface area contributed by atoms with Gasteiger partial charge in [0.25, 0.3) is 0 Å². The van der Waals surface area contributed by atoms with Crippen LogP contribution in [0.3, 0.4) is 0 Å². The number of rotatable bonds is 4. The monoisotopic (exact) mass is 429 g/mol. The van der Waals surface area contributed by atoms with Crippen LogP contribution in [-0.2, 0) is 17.4 Å². The van der Waals surface area contributed by atoms with Crippen LogP contribution in [0.15, 0.2) is 55.1 Å². The fourth-order valence-corrected chi connectivity index (χ4v) is 4.59. The zero-order chi connectivity index (χ0) is 22.2. The summed E-state index contributed by atoms with van der Waals surface area (Å²) >= 11 is 0. The van der Waals surface area contributed by atoms with Crippen LogP contribution in [0.1, 0.15) is 16.7 Å². The van der Waals surface area contributed by atoms with Crippen LogP contribution in [0.5, 0.6) is 0 Å². The van der Waals surface area contributed by atoms with Gasteiger partial charge >= 0.3 is 6.18 Å². The Morgan fingerprint density at radius 1 is 1.19 bits per heavy atom. The van der Waals surface area contributed by atoms with Gasteiger partial charge in [-0.15, -0.1) is 6.58 Å². The second kappa shape index (κ2) is 8.29. The highest BCUT2D eigenvalue weighted by atomic mass is 19.4. The molecule has 0 saturated carbocycles. The third kappa shape index (κ3) is 4.27. The van der Waals surface area contributed by atoms with Crippen molar-refractivity contribution in [2.75, 3.05) is 36.0 Å². The molecule has 1 fully saturated rings. The van der Waals surface area contributed by atoms with Crippen molar-refractivity contribution in [3.05, 3.63) is 71.8 Å². The molecule has 0 aliphatic carbocycles. The number of aryl methyl sites for hydroxylation is 1. The molecule has 4 nitrogen and oxygen atoms in total. The zero-order valence-corrected chi connectivity index (χ0v) is 17.5. The highest BCUT2D eigenvalue weighted by Gasteiger charge is 2.42. The number of hydrogen-bond donors (Lipinski definition) is 1. The molecule has 2 heterocycles.